The molecule has 0 unspecified atom stereocenters. The minimum Gasteiger partial charge on any atom is -0.348 e. The highest BCUT2D eigenvalue weighted by Crippen LogP contribution is 2.15. The molecular formula is C20H17ClN2O2. The number of nitrogens with one attached hydrogen (secondary N) is 1. The zero-order valence-electron chi connectivity index (χ0n) is 13.7. The maximum Gasteiger partial charge on any atom is 0.268 e. The lowest BCUT2D eigenvalue weighted by Gasteiger charge is -2.12. The SMILES string of the molecule is Cc1ccc(C(=O)NCc2ccccc2)c(=O)n1-c1cccc(Cl)c1. The number of nitrogens with zero attached hydrogens (tertiary/aromatic N) is 1. The molecular weight excluding hydrogens is 336 g/mol. The van der Waals surface area contributed by atoms with Crippen molar-refractivity contribution in [3.63, 3.8) is 0 Å². The van der Waals surface area contributed by atoms with Crippen molar-refractivity contribution in [2.75, 3.05) is 0 Å². The molecule has 5 heteroatoms. The van der Waals surface area contributed by atoms with Gasteiger partial charge in [0.25, 0.3) is 11.5 Å². The highest BCUT2D eigenvalue weighted by molar-refractivity contribution is 6.30. The highest BCUT2D eigenvalue weighted by atomic mass is 35.5. The molecule has 126 valence electrons. The Balaban J connectivity index is 1.91. The third-order valence-electron chi connectivity index (χ3n) is 3.88. The number of aromatic nitrogens is 1. The van der Waals surface area contributed by atoms with Crippen LogP contribution in [0.1, 0.15) is 21.6 Å². The number of pyridine rings is 1. The molecule has 3 rings (SSSR count). The summed E-state index contributed by atoms with van der Waals surface area (Å²) in [5.41, 5.74) is 2.06. The lowest BCUT2D eigenvalue weighted by atomic mass is 10.2. The van der Waals surface area contributed by atoms with Gasteiger partial charge in [0.2, 0.25) is 0 Å². The predicted octanol–water partition coefficient (Wildman–Crippen LogP) is 3.73. The Bertz CT molecular complexity index is 965. The average molecular weight is 353 g/mol. The zero-order valence-corrected chi connectivity index (χ0v) is 14.5. The first-order valence-corrected chi connectivity index (χ1v) is 8.25. The molecule has 0 aliphatic heterocycles. The molecule has 3 aromatic rings. The van der Waals surface area contributed by atoms with E-state index in [0.717, 1.165) is 11.3 Å². The summed E-state index contributed by atoms with van der Waals surface area (Å²) < 4.78 is 1.49. The quantitative estimate of drug-likeness (QED) is 0.777. The number of halogens is 1. The maximum absolute atomic E-state index is 12.8. The van der Waals surface area contributed by atoms with E-state index in [1.807, 2.05) is 37.3 Å². The standard InChI is InChI=1S/C20H17ClN2O2/c1-14-10-11-18(19(24)22-13-15-6-3-2-4-7-15)20(25)23(14)17-9-5-8-16(21)12-17/h2-12H,13H2,1H3,(H,22,24). The van der Waals surface area contributed by atoms with E-state index in [1.54, 1.807) is 36.4 Å². The molecule has 1 heterocycles. The van der Waals surface area contributed by atoms with Crippen LogP contribution in [0.5, 0.6) is 0 Å². The summed E-state index contributed by atoms with van der Waals surface area (Å²) in [7, 11) is 0. The molecule has 0 saturated heterocycles. The van der Waals surface area contributed by atoms with Crippen LogP contribution in [0, 0.1) is 6.92 Å². The maximum atomic E-state index is 12.8. The normalized spacial score (nSPS) is 10.5. The van der Waals surface area contributed by atoms with Gasteiger partial charge in [-0.1, -0.05) is 48.0 Å². The van der Waals surface area contributed by atoms with Crippen molar-refractivity contribution in [3.05, 3.63) is 98.9 Å². The highest BCUT2D eigenvalue weighted by Gasteiger charge is 2.14. The minimum absolute atomic E-state index is 0.0986. The van der Waals surface area contributed by atoms with E-state index < -0.39 is 5.91 Å². The summed E-state index contributed by atoms with van der Waals surface area (Å²) in [4.78, 5) is 25.3. The van der Waals surface area contributed by atoms with Crippen molar-refractivity contribution in [1.82, 2.24) is 9.88 Å². The van der Waals surface area contributed by atoms with Crippen LogP contribution >= 0.6 is 11.6 Å². The second-order valence-corrected chi connectivity index (χ2v) is 6.11. The fourth-order valence-electron chi connectivity index (χ4n) is 2.61. The minimum atomic E-state index is -0.398. The number of benzene rings is 2. The molecule has 0 fully saturated rings. The van der Waals surface area contributed by atoms with Crippen LogP contribution in [0.3, 0.4) is 0 Å². The topological polar surface area (TPSA) is 51.1 Å². The molecule has 0 atom stereocenters. The van der Waals surface area contributed by atoms with Gasteiger partial charge >= 0.3 is 0 Å². The molecule has 1 N–H and O–H groups in total. The van der Waals surface area contributed by atoms with E-state index in [0.29, 0.717) is 17.3 Å². The molecule has 0 aliphatic carbocycles. The summed E-state index contributed by atoms with van der Waals surface area (Å²) in [6.45, 7) is 2.18. The molecule has 25 heavy (non-hydrogen) atoms. The fraction of sp³-hybridized carbons (Fsp3) is 0.100. The number of hydrogen-bond acceptors (Lipinski definition) is 2. The monoisotopic (exact) mass is 352 g/mol. The van der Waals surface area contributed by atoms with E-state index in [9.17, 15) is 9.59 Å². The average Bonchev–Trinajstić information content (AvgIpc) is 2.61. The molecule has 4 nitrogen and oxygen atoms in total. The summed E-state index contributed by atoms with van der Waals surface area (Å²) in [6.07, 6.45) is 0. The third kappa shape index (κ3) is 3.80. The summed E-state index contributed by atoms with van der Waals surface area (Å²) in [5.74, 6) is -0.398. The van der Waals surface area contributed by atoms with Crippen LogP contribution in [0.15, 0.2) is 71.5 Å². The van der Waals surface area contributed by atoms with Crippen molar-refractivity contribution in [3.8, 4) is 5.69 Å². The van der Waals surface area contributed by atoms with E-state index in [-0.39, 0.29) is 11.1 Å². The van der Waals surface area contributed by atoms with Crippen molar-refractivity contribution in [2.45, 2.75) is 13.5 Å². The molecule has 0 aliphatic rings. The van der Waals surface area contributed by atoms with Gasteiger partial charge in [0.1, 0.15) is 5.56 Å². The molecule has 1 amide bonds. The van der Waals surface area contributed by atoms with Crippen molar-refractivity contribution < 1.29 is 4.79 Å². The molecule has 0 radical (unpaired) electrons. The Morgan fingerprint density at radius 1 is 1.04 bits per heavy atom. The number of hydrogen-bond donors (Lipinski definition) is 1. The Morgan fingerprint density at radius 2 is 1.80 bits per heavy atom. The number of carbonyl (C=O) groups excluding carboxylic acids is 1. The molecule has 0 spiro atoms. The van der Waals surface area contributed by atoms with Gasteiger partial charge in [-0.2, -0.15) is 0 Å². The van der Waals surface area contributed by atoms with Crippen molar-refractivity contribution in [2.24, 2.45) is 0 Å². The first-order valence-electron chi connectivity index (χ1n) is 7.87. The van der Waals surface area contributed by atoms with Crippen LogP contribution in [-0.2, 0) is 6.54 Å². The Kier molecular flexibility index (Phi) is 5.00. The summed E-state index contributed by atoms with van der Waals surface area (Å²) in [5, 5.41) is 3.32. The smallest absolute Gasteiger partial charge is 0.268 e. The second kappa shape index (κ2) is 7.36. The first-order chi connectivity index (χ1) is 12.1. The van der Waals surface area contributed by atoms with E-state index in [4.69, 9.17) is 11.6 Å². The van der Waals surface area contributed by atoms with E-state index >= 15 is 0 Å². The van der Waals surface area contributed by atoms with Gasteiger partial charge < -0.3 is 5.32 Å². The fourth-order valence-corrected chi connectivity index (χ4v) is 2.80. The number of amides is 1. The van der Waals surface area contributed by atoms with Crippen molar-refractivity contribution >= 4 is 17.5 Å². The molecule has 1 aromatic heterocycles. The van der Waals surface area contributed by atoms with Gasteiger partial charge in [0, 0.05) is 17.3 Å². The third-order valence-corrected chi connectivity index (χ3v) is 4.12. The number of rotatable bonds is 4. The van der Waals surface area contributed by atoms with Crippen molar-refractivity contribution in [1.29, 1.82) is 0 Å². The van der Waals surface area contributed by atoms with Gasteiger partial charge in [0.05, 0.1) is 5.69 Å². The van der Waals surface area contributed by atoms with Gasteiger partial charge in [-0.3, -0.25) is 14.2 Å². The first kappa shape index (κ1) is 17.0. The lowest BCUT2D eigenvalue weighted by molar-refractivity contribution is 0.0949. The Labute approximate surface area is 150 Å². The summed E-state index contributed by atoms with van der Waals surface area (Å²) >= 11 is 6.02. The van der Waals surface area contributed by atoms with Crippen LogP contribution in [-0.4, -0.2) is 10.5 Å². The Morgan fingerprint density at radius 3 is 2.52 bits per heavy atom. The molecule has 0 saturated carbocycles. The van der Waals surface area contributed by atoms with Gasteiger partial charge in [-0.25, -0.2) is 0 Å². The summed E-state index contributed by atoms with van der Waals surface area (Å²) in [6, 6.07) is 19.8. The van der Waals surface area contributed by atoms with Crippen LogP contribution < -0.4 is 10.9 Å². The van der Waals surface area contributed by atoms with Crippen LogP contribution in [0.25, 0.3) is 5.69 Å². The van der Waals surface area contributed by atoms with Crippen LogP contribution in [0.4, 0.5) is 0 Å². The number of carbonyl (C=O) groups is 1. The van der Waals surface area contributed by atoms with Crippen LogP contribution in [0.2, 0.25) is 5.02 Å². The van der Waals surface area contributed by atoms with E-state index in [1.165, 1.54) is 4.57 Å². The Hall–Kier alpha value is -2.85. The lowest BCUT2D eigenvalue weighted by Crippen LogP contribution is -2.33. The van der Waals surface area contributed by atoms with Gasteiger partial charge in [-0.05, 0) is 42.8 Å². The second-order valence-electron chi connectivity index (χ2n) is 5.68. The number of aryl methyl sites for hydroxylation is 1. The van der Waals surface area contributed by atoms with E-state index in [2.05, 4.69) is 5.32 Å². The van der Waals surface area contributed by atoms with Gasteiger partial charge in [0.15, 0.2) is 0 Å². The molecule has 2 aromatic carbocycles. The van der Waals surface area contributed by atoms with Gasteiger partial charge in [-0.15, -0.1) is 0 Å². The molecule has 0 bridgehead atoms. The zero-order chi connectivity index (χ0) is 17.8. The predicted molar refractivity (Wildman–Crippen MR) is 99.4 cm³/mol. The largest absolute Gasteiger partial charge is 0.348 e.